The van der Waals surface area contributed by atoms with E-state index < -0.39 is 5.60 Å². The summed E-state index contributed by atoms with van der Waals surface area (Å²) in [6.07, 6.45) is 2.52. The fourth-order valence-electron chi connectivity index (χ4n) is 3.35. The number of benzene rings is 1. The lowest BCUT2D eigenvalue weighted by molar-refractivity contribution is -0.122. The minimum absolute atomic E-state index is 0.0190. The normalized spacial score (nSPS) is 15.6. The summed E-state index contributed by atoms with van der Waals surface area (Å²) in [6, 6.07) is 8.17. The van der Waals surface area contributed by atoms with E-state index in [1.165, 1.54) is 10.9 Å². The summed E-state index contributed by atoms with van der Waals surface area (Å²) in [7, 11) is 0. The van der Waals surface area contributed by atoms with Crippen molar-refractivity contribution in [3.63, 3.8) is 0 Å². The Balaban J connectivity index is 1.37. The predicted octanol–water partition coefficient (Wildman–Crippen LogP) is 2.38. The first-order valence-corrected chi connectivity index (χ1v) is 9.84. The molecule has 3 rings (SSSR count). The molecule has 0 atom stereocenters. The molecule has 1 saturated heterocycles. The number of aromatic amines is 1. The SMILES string of the molecule is CC(C)(C)OC(=O)N1CCN(CC(=O)NCCc2c[nH]c3ccccc23)CC1. The molecular weight excluding hydrogens is 356 g/mol. The highest BCUT2D eigenvalue weighted by Crippen LogP contribution is 2.17. The van der Waals surface area contributed by atoms with E-state index in [1.54, 1.807) is 4.90 Å². The number of nitrogens with zero attached hydrogens (tertiary/aromatic N) is 2. The van der Waals surface area contributed by atoms with E-state index in [0.717, 1.165) is 11.9 Å². The monoisotopic (exact) mass is 386 g/mol. The summed E-state index contributed by atoms with van der Waals surface area (Å²) in [4.78, 5) is 31.4. The van der Waals surface area contributed by atoms with Crippen LogP contribution in [0, 0.1) is 0 Å². The van der Waals surface area contributed by atoms with Crippen molar-refractivity contribution in [2.45, 2.75) is 32.8 Å². The Hall–Kier alpha value is -2.54. The number of H-pyrrole nitrogens is 1. The maximum absolute atomic E-state index is 12.2. The second-order valence-corrected chi connectivity index (χ2v) is 8.20. The van der Waals surface area contributed by atoms with Crippen LogP contribution >= 0.6 is 0 Å². The number of carbonyl (C=O) groups is 2. The Morgan fingerprint density at radius 1 is 1.14 bits per heavy atom. The number of carbonyl (C=O) groups excluding carboxylic acids is 2. The smallest absolute Gasteiger partial charge is 0.410 e. The summed E-state index contributed by atoms with van der Waals surface area (Å²) in [6.45, 7) is 9.07. The molecular formula is C21H30N4O3. The van der Waals surface area contributed by atoms with Gasteiger partial charge < -0.3 is 19.9 Å². The van der Waals surface area contributed by atoms with Gasteiger partial charge in [-0.15, -0.1) is 0 Å². The number of aromatic nitrogens is 1. The van der Waals surface area contributed by atoms with Crippen molar-refractivity contribution in [3.05, 3.63) is 36.0 Å². The third kappa shape index (κ3) is 5.48. The first-order valence-electron chi connectivity index (χ1n) is 9.84. The molecule has 152 valence electrons. The van der Waals surface area contributed by atoms with Gasteiger partial charge in [0.2, 0.25) is 5.91 Å². The molecule has 0 radical (unpaired) electrons. The Morgan fingerprint density at radius 3 is 2.57 bits per heavy atom. The van der Waals surface area contributed by atoms with E-state index in [1.807, 2.05) is 45.2 Å². The van der Waals surface area contributed by atoms with Gasteiger partial charge in [0, 0.05) is 49.8 Å². The van der Waals surface area contributed by atoms with Crippen LogP contribution in [0.2, 0.25) is 0 Å². The maximum Gasteiger partial charge on any atom is 0.410 e. The predicted molar refractivity (Wildman–Crippen MR) is 109 cm³/mol. The van der Waals surface area contributed by atoms with Gasteiger partial charge in [-0.3, -0.25) is 9.69 Å². The number of fused-ring (bicyclic) bond motifs is 1. The summed E-state index contributed by atoms with van der Waals surface area (Å²) >= 11 is 0. The van der Waals surface area contributed by atoms with Gasteiger partial charge in [0.05, 0.1) is 6.54 Å². The molecule has 0 saturated carbocycles. The minimum atomic E-state index is -0.487. The molecule has 2 aromatic rings. The summed E-state index contributed by atoms with van der Waals surface area (Å²) < 4.78 is 5.40. The van der Waals surface area contributed by atoms with Crippen molar-refractivity contribution < 1.29 is 14.3 Å². The number of hydrogen-bond acceptors (Lipinski definition) is 4. The van der Waals surface area contributed by atoms with E-state index in [4.69, 9.17) is 4.74 Å². The molecule has 28 heavy (non-hydrogen) atoms. The van der Waals surface area contributed by atoms with Gasteiger partial charge in [0.15, 0.2) is 0 Å². The quantitative estimate of drug-likeness (QED) is 0.827. The number of piperazine rings is 1. The fourth-order valence-corrected chi connectivity index (χ4v) is 3.35. The fraction of sp³-hybridized carbons (Fsp3) is 0.524. The Labute approximate surface area is 166 Å². The van der Waals surface area contributed by atoms with Crippen molar-refractivity contribution in [1.29, 1.82) is 0 Å². The molecule has 1 fully saturated rings. The lowest BCUT2D eigenvalue weighted by Gasteiger charge is -2.35. The summed E-state index contributed by atoms with van der Waals surface area (Å²) in [5.74, 6) is 0.0190. The Kier molecular flexibility index (Phi) is 6.24. The lowest BCUT2D eigenvalue weighted by atomic mass is 10.1. The number of para-hydroxylation sites is 1. The van der Waals surface area contributed by atoms with E-state index in [-0.39, 0.29) is 12.0 Å². The van der Waals surface area contributed by atoms with Crippen molar-refractivity contribution in [2.75, 3.05) is 39.3 Å². The van der Waals surface area contributed by atoms with Gasteiger partial charge in [-0.25, -0.2) is 4.79 Å². The van der Waals surface area contributed by atoms with Gasteiger partial charge in [-0.2, -0.15) is 0 Å². The first-order chi connectivity index (χ1) is 13.3. The van der Waals surface area contributed by atoms with Gasteiger partial charge in [-0.05, 0) is 38.8 Å². The zero-order valence-corrected chi connectivity index (χ0v) is 17.0. The standard InChI is InChI=1S/C21H30N4O3/c1-21(2,3)28-20(27)25-12-10-24(11-13-25)15-19(26)22-9-8-16-14-23-18-7-5-4-6-17(16)18/h4-7,14,23H,8-13,15H2,1-3H3,(H,22,26). The number of nitrogens with one attached hydrogen (secondary N) is 2. The molecule has 2 amide bonds. The molecule has 1 aromatic heterocycles. The molecule has 0 spiro atoms. The number of rotatable bonds is 5. The summed E-state index contributed by atoms with van der Waals surface area (Å²) in [5.41, 5.74) is 1.84. The van der Waals surface area contributed by atoms with E-state index in [2.05, 4.69) is 21.3 Å². The van der Waals surface area contributed by atoms with E-state index in [9.17, 15) is 9.59 Å². The molecule has 1 aromatic carbocycles. The minimum Gasteiger partial charge on any atom is -0.444 e. The molecule has 1 aliphatic rings. The van der Waals surface area contributed by atoms with Crippen molar-refractivity contribution in [3.8, 4) is 0 Å². The van der Waals surface area contributed by atoms with E-state index in [0.29, 0.717) is 39.3 Å². The molecule has 7 heteroatoms. The second kappa shape index (κ2) is 8.65. The second-order valence-electron chi connectivity index (χ2n) is 8.20. The molecule has 1 aliphatic heterocycles. The van der Waals surface area contributed by atoms with Crippen LogP contribution < -0.4 is 5.32 Å². The molecule has 2 heterocycles. The van der Waals surface area contributed by atoms with Crippen LogP contribution in [-0.2, 0) is 16.0 Å². The Morgan fingerprint density at radius 2 is 1.86 bits per heavy atom. The van der Waals surface area contributed by atoms with Gasteiger partial charge in [-0.1, -0.05) is 18.2 Å². The zero-order chi connectivity index (χ0) is 20.1. The van der Waals surface area contributed by atoms with Crippen LogP contribution in [0.1, 0.15) is 26.3 Å². The third-order valence-corrected chi connectivity index (χ3v) is 4.78. The topological polar surface area (TPSA) is 77.7 Å². The largest absolute Gasteiger partial charge is 0.444 e. The highest BCUT2D eigenvalue weighted by Gasteiger charge is 2.26. The average Bonchev–Trinajstić information content (AvgIpc) is 3.04. The van der Waals surface area contributed by atoms with Gasteiger partial charge in [0.1, 0.15) is 5.60 Å². The highest BCUT2D eigenvalue weighted by atomic mass is 16.6. The maximum atomic E-state index is 12.2. The van der Waals surface area contributed by atoms with E-state index >= 15 is 0 Å². The molecule has 0 aliphatic carbocycles. The zero-order valence-electron chi connectivity index (χ0n) is 17.0. The van der Waals surface area contributed by atoms with Crippen LogP contribution in [0.3, 0.4) is 0 Å². The van der Waals surface area contributed by atoms with Crippen LogP contribution in [0.15, 0.2) is 30.5 Å². The number of ether oxygens (including phenoxy) is 1. The van der Waals surface area contributed by atoms with Gasteiger partial charge >= 0.3 is 6.09 Å². The number of hydrogen-bond donors (Lipinski definition) is 2. The molecule has 2 N–H and O–H groups in total. The molecule has 0 bridgehead atoms. The first kappa shape index (κ1) is 20.2. The average molecular weight is 386 g/mol. The van der Waals surface area contributed by atoms with Crippen LogP contribution in [0.4, 0.5) is 4.79 Å². The van der Waals surface area contributed by atoms with Crippen molar-refractivity contribution in [2.24, 2.45) is 0 Å². The van der Waals surface area contributed by atoms with Crippen LogP contribution in [-0.4, -0.2) is 71.7 Å². The highest BCUT2D eigenvalue weighted by molar-refractivity contribution is 5.83. The third-order valence-electron chi connectivity index (χ3n) is 4.78. The summed E-state index contributed by atoms with van der Waals surface area (Å²) in [5, 5.41) is 4.20. The van der Waals surface area contributed by atoms with Crippen molar-refractivity contribution >= 4 is 22.9 Å². The van der Waals surface area contributed by atoms with Crippen LogP contribution in [0.25, 0.3) is 10.9 Å². The molecule has 7 nitrogen and oxygen atoms in total. The molecule has 0 unspecified atom stereocenters. The van der Waals surface area contributed by atoms with Gasteiger partial charge in [0.25, 0.3) is 0 Å². The van der Waals surface area contributed by atoms with Crippen LogP contribution in [0.5, 0.6) is 0 Å². The lowest BCUT2D eigenvalue weighted by Crippen LogP contribution is -2.52. The number of amides is 2. The Bertz CT molecular complexity index is 816. The van der Waals surface area contributed by atoms with Crippen molar-refractivity contribution in [1.82, 2.24) is 20.1 Å².